The summed E-state index contributed by atoms with van der Waals surface area (Å²) >= 11 is 1.12. The minimum Gasteiger partial charge on any atom is -0.389 e. The Kier molecular flexibility index (Phi) is 3.93. The largest absolute Gasteiger partial charge is 0.389 e. The Morgan fingerprint density at radius 3 is 2.56 bits per heavy atom. The highest BCUT2D eigenvalue weighted by molar-refractivity contribution is 7.99. The summed E-state index contributed by atoms with van der Waals surface area (Å²) in [6.45, 7) is 3.49. The first-order valence-corrected chi connectivity index (χ1v) is 6.32. The third-order valence-corrected chi connectivity index (χ3v) is 3.43. The quantitative estimate of drug-likeness (QED) is 0.865. The van der Waals surface area contributed by atoms with Gasteiger partial charge in [0, 0.05) is 12.4 Å². The molecule has 0 bridgehead atoms. The first-order valence-electron chi connectivity index (χ1n) is 5.51. The van der Waals surface area contributed by atoms with Crippen LogP contribution in [0.3, 0.4) is 0 Å². The van der Waals surface area contributed by atoms with E-state index in [2.05, 4.69) is 9.97 Å². The van der Waals surface area contributed by atoms with Gasteiger partial charge in [0.25, 0.3) is 0 Å². The number of aromatic nitrogens is 2. The lowest BCUT2D eigenvalue weighted by molar-refractivity contribution is 0.195. The zero-order valence-corrected chi connectivity index (χ0v) is 10.9. The zero-order chi connectivity index (χ0) is 13.1. The van der Waals surface area contributed by atoms with Crippen molar-refractivity contribution in [3.63, 3.8) is 0 Å². The predicted molar refractivity (Wildman–Crippen MR) is 67.9 cm³/mol. The second-order valence-corrected chi connectivity index (χ2v) is 4.96. The maximum Gasteiger partial charge on any atom is 0.192 e. The fraction of sp³-hybridized carbons (Fsp3) is 0.231. The molecule has 2 aromatic rings. The minimum absolute atomic E-state index is 0.372. The van der Waals surface area contributed by atoms with E-state index in [0.717, 1.165) is 17.3 Å². The molecule has 1 N–H and O–H groups in total. The van der Waals surface area contributed by atoms with Crippen LogP contribution in [0.1, 0.15) is 24.2 Å². The number of aliphatic hydroxyl groups excluding tert-OH is 1. The molecule has 1 aromatic heterocycles. The molecular weight excluding hydrogens is 251 g/mol. The number of benzene rings is 1. The number of aliphatic hydroxyl groups is 1. The van der Waals surface area contributed by atoms with Crippen LogP contribution in [0.2, 0.25) is 0 Å². The molecule has 0 unspecified atom stereocenters. The Hall–Kier alpha value is -1.46. The standard InChI is InChI=1S/C13H13FN2OS/c1-8-6-15-13(16-7-8)18-12-10(9(2)17)4-3-5-11(12)14/h3-7,9,17H,1-2H3/t9-/m0/s1. The Labute approximate surface area is 109 Å². The first kappa shape index (κ1) is 13.0. The lowest BCUT2D eigenvalue weighted by Gasteiger charge is -2.11. The molecule has 0 fully saturated rings. The van der Waals surface area contributed by atoms with E-state index in [1.165, 1.54) is 6.07 Å². The third kappa shape index (κ3) is 2.86. The van der Waals surface area contributed by atoms with Crippen molar-refractivity contribution in [2.45, 2.75) is 30.0 Å². The van der Waals surface area contributed by atoms with Crippen LogP contribution in [-0.4, -0.2) is 15.1 Å². The van der Waals surface area contributed by atoms with E-state index in [-0.39, 0.29) is 5.82 Å². The highest BCUT2D eigenvalue weighted by Gasteiger charge is 2.14. The molecule has 1 heterocycles. The summed E-state index contributed by atoms with van der Waals surface area (Å²) in [7, 11) is 0. The lowest BCUT2D eigenvalue weighted by atomic mass is 10.1. The van der Waals surface area contributed by atoms with E-state index in [1.807, 2.05) is 6.92 Å². The number of nitrogens with zero attached hydrogens (tertiary/aromatic N) is 2. The summed E-state index contributed by atoms with van der Waals surface area (Å²) in [5.41, 5.74) is 1.49. The number of halogens is 1. The van der Waals surface area contributed by atoms with Crippen molar-refractivity contribution < 1.29 is 9.50 Å². The van der Waals surface area contributed by atoms with Crippen LogP contribution in [0.15, 0.2) is 40.6 Å². The van der Waals surface area contributed by atoms with Gasteiger partial charge in [0.1, 0.15) is 5.82 Å². The van der Waals surface area contributed by atoms with Gasteiger partial charge in [-0.25, -0.2) is 14.4 Å². The lowest BCUT2D eigenvalue weighted by Crippen LogP contribution is -1.97. The molecule has 3 nitrogen and oxygen atoms in total. The number of aryl methyl sites for hydroxylation is 1. The van der Waals surface area contributed by atoms with Crippen molar-refractivity contribution in [1.82, 2.24) is 9.97 Å². The van der Waals surface area contributed by atoms with E-state index >= 15 is 0 Å². The summed E-state index contributed by atoms with van der Waals surface area (Å²) in [5, 5.41) is 10.1. The second-order valence-electron chi connectivity index (χ2n) is 3.98. The predicted octanol–water partition coefficient (Wildman–Crippen LogP) is 3.13. The molecule has 1 atom stereocenters. The molecule has 5 heteroatoms. The molecule has 0 aliphatic rings. The normalized spacial score (nSPS) is 12.4. The van der Waals surface area contributed by atoms with E-state index in [1.54, 1.807) is 31.5 Å². The van der Waals surface area contributed by atoms with Crippen molar-refractivity contribution in [2.24, 2.45) is 0 Å². The number of rotatable bonds is 3. The van der Waals surface area contributed by atoms with Crippen molar-refractivity contribution in [3.05, 3.63) is 47.5 Å². The first-order chi connectivity index (χ1) is 8.58. The van der Waals surface area contributed by atoms with Gasteiger partial charge >= 0.3 is 0 Å². The third-order valence-electron chi connectivity index (χ3n) is 2.40. The van der Waals surface area contributed by atoms with Crippen molar-refractivity contribution in [3.8, 4) is 0 Å². The summed E-state index contributed by atoms with van der Waals surface area (Å²) < 4.78 is 13.8. The van der Waals surface area contributed by atoms with E-state index in [4.69, 9.17) is 0 Å². The van der Waals surface area contributed by atoms with Crippen LogP contribution in [0.4, 0.5) is 4.39 Å². The Balaban J connectivity index is 2.36. The fourth-order valence-corrected chi connectivity index (χ4v) is 2.40. The fourth-order valence-electron chi connectivity index (χ4n) is 1.49. The SMILES string of the molecule is Cc1cnc(Sc2c(F)cccc2[C@H](C)O)nc1. The van der Waals surface area contributed by atoms with Crippen LogP contribution in [0.25, 0.3) is 0 Å². The van der Waals surface area contributed by atoms with Gasteiger partial charge < -0.3 is 5.11 Å². The Bertz CT molecular complexity index is 543. The van der Waals surface area contributed by atoms with Crippen molar-refractivity contribution in [2.75, 3.05) is 0 Å². The molecule has 0 aliphatic carbocycles. The van der Waals surface area contributed by atoms with Crippen LogP contribution in [-0.2, 0) is 0 Å². The summed E-state index contributed by atoms with van der Waals surface area (Å²) in [6, 6.07) is 4.64. The molecule has 0 spiro atoms. The van der Waals surface area contributed by atoms with E-state index < -0.39 is 6.10 Å². The molecule has 0 radical (unpaired) electrons. The molecule has 0 amide bonds. The van der Waals surface area contributed by atoms with Gasteiger partial charge in [-0.15, -0.1) is 0 Å². The summed E-state index contributed by atoms with van der Waals surface area (Å²) in [5.74, 6) is -0.373. The Morgan fingerprint density at radius 2 is 1.94 bits per heavy atom. The maximum atomic E-state index is 13.8. The number of hydrogen-bond acceptors (Lipinski definition) is 4. The van der Waals surface area contributed by atoms with Gasteiger partial charge in [0.15, 0.2) is 5.16 Å². The topological polar surface area (TPSA) is 46.0 Å². The number of hydrogen-bond donors (Lipinski definition) is 1. The highest BCUT2D eigenvalue weighted by atomic mass is 32.2. The summed E-state index contributed by atoms with van der Waals surface area (Å²) in [6.07, 6.45) is 2.63. The zero-order valence-electron chi connectivity index (χ0n) is 10.1. The van der Waals surface area contributed by atoms with Crippen LogP contribution < -0.4 is 0 Å². The smallest absolute Gasteiger partial charge is 0.192 e. The molecule has 94 valence electrons. The van der Waals surface area contributed by atoms with E-state index in [9.17, 15) is 9.50 Å². The highest BCUT2D eigenvalue weighted by Crippen LogP contribution is 2.33. The molecule has 0 aliphatic heterocycles. The second kappa shape index (κ2) is 5.46. The van der Waals surface area contributed by atoms with Crippen LogP contribution >= 0.6 is 11.8 Å². The van der Waals surface area contributed by atoms with Gasteiger partial charge in [-0.1, -0.05) is 12.1 Å². The summed E-state index contributed by atoms with van der Waals surface area (Å²) in [4.78, 5) is 8.61. The minimum atomic E-state index is -0.728. The molecule has 1 aromatic carbocycles. The molecule has 0 saturated carbocycles. The van der Waals surface area contributed by atoms with E-state index in [0.29, 0.717) is 15.6 Å². The average molecular weight is 264 g/mol. The maximum absolute atomic E-state index is 13.8. The molecule has 0 saturated heterocycles. The van der Waals surface area contributed by atoms with Crippen molar-refractivity contribution >= 4 is 11.8 Å². The van der Waals surface area contributed by atoms with Gasteiger partial charge in [0.2, 0.25) is 0 Å². The molecule has 2 rings (SSSR count). The van der Waals surface area contributed by atoms with Gasteiger partial charge in [-0.2, -0.15) is 0 Å². The molecular formula is C13H13FN2OS. The monoisotopic (exact) mass is 264 g/mol. The average Bonchev–Trinajstić information content (AvgIpc) is 2.34. The van der Waals surface area contributed by atoms with Crippen molar-refractivity contribution in [1.29, 1.82) is 0 Å². The van der Waals surface area contributed by atoms with Crippen LogP contribution in [0.5, 0.6) is 0 Å². The van der Waals surface area contributed by atoms with Gasteiger partial charge in [0.05, 0.1) is 11.0 Å². The van der Waals surface area contributed by atoms with Gasteiger partial charge in [-0.3, -0.25) is 0 Å². The van der Waals surface area contributed by atoms with Gasteiger partial charge in [-0.05, 0) is 42.8 Å². The van der Waals surface area contributed by atoms with Crippen LogP contribution in [0, 0.1) is 12.7 Å². The molecule has 18 heavy (non-hydrogen) atoms. The Morgan fingerprint density at radius 1 is 1.28 bits per heavy atom.